The molecular formula is C19H20FN3O3. The van der Waals surface area contributed by atoms with Gasteiger partial charge in [-0.05, 0) is 35.7 Å². The minimum atomic E-state index is -0.618. The average Bonchev–Trinajstić information content (AvgIpc) is 2.64. The van der Waals surface area contributed by atoms with Gasteiger partial charge in [0.2, 0.25) is 11.8 Å². The third-order valence-corrected chi connectivity index (χ3v) is 3.71. The molecule has 0 atom stereocenters. The summed E-state index contributed by atoms with van der Waals surface area (Å²) in [5.41, 5.74) is 6.68. The van der Waals surface area contributed by atoms with Gasteiger partial charge in [0.15, 0.2) is 0 Å². The zero-order chi connectivity index (χ0) is 18.9. The van der Waals surface area contributed by atoms with E-state index in [1.54, 1.807) is 42.5 Å². The second-order valence-electron chi connectivity index (χ2n) is 5.71. The number of hydrogen-bond acceptors (Lipinski definition) is 3. The van der Waals surface area contributed by atoms with Crippen LogP contribution in [0.15, 0.2) is 48.5 Å². The molecule has 0 radical (unpaired) electrons. The van der Waals surface area contributed by atoms with E-state index in [4.69, 9.17) is 5.73 Å². The Bertz CT molecular complexity index is 791. The molecule has 0 aliphatic carbocycles. The Kier molecular flexibility index (Phi) is 6.84. The summed E-state index contributed by atoms with van der Waals surface area (Å²) < 4.78 is 13.5. The first-order valence-corrected chi connectivity index (χ1v) is 8.11. The summed E-state index contributed by atoms with van der Waals surface area (Å²) in [6.07, 6.45) is 0.520. The minimum Gasteiger partial charge on any atom is -0.368 e. The molecule has 0 aliphatic heterocycles. The number of halogens is 1. The highest BCUT2D eigenvalue weighted by Gasteiger charge is 2.08. The summed E-state index contributed by atoms with van der Waals surface area (Å²) >= 11 is 0. The number of nitrogens with one attached hydrogen (secondary N) is 2. The molecule has 26 heavy (non-hydrogen) atoms. The van der Waals surface area contributed by atoms with Crippen molar-refractivity contribution < 1.29 is 18.8 Å². The maximum Gasteiger partial charge on any atom is 0.251 e. The third kappa shape index (κ3) is 6.01. The van der Waals surface area contributed by atoms with E-state index < -0.39 is 11.8 Å². The van der Waals surface area contributed by atoms with Gasteiger partial charge in [-0.25, -0.2) is 4.39 Å². The number of nitrogens with two attached hydrogens (primary N) is 1. The number of rotatable bonds is 8. The van der Waals surface area contributed by atoms with Crippen LogP contribution >= 0.6 is 0 Å². The highest BCUT2D eigenvalue weighted by atomic mass is 19.1. The first kappa shape index (κ1) is 19.1. The van der Waals surface area contributed by atoms with Crippen LogP contribution in [0.3, 0.4) is 0 Å². The fourth-order valence-electron chi connectivity index (χ4n) is 2.28. The van der Waals surface area contributed by atoms with E-state index in [2.05, 4.69) is 10.6 Å². The predicted molar refractivity (Wildman–Crippen MR) is 94.5 cm³/mol. The van der Waals surface area contributed by atoms with Crippen LogP contribution in [0.1, 0.15) is 27.9 Å². The zero-order valence-electron chi connectivity index (χ0n) is 14.1. The lowest BCUT2D eigenvalue weighted by Crippen LogP contribution is -2.33. The predicted octanol–water partition coefficient (Wildman–Crippen LogP) is 1.29. The summed E-state index contributed by atoms with van der Waals surface area (Å²) in [7, 11) is 0. The molecule has 0 heterocycles. The molecule has 0 fully saturated rings. The number of carbonyl (C=O) groups is 3. The maximum absolute atomic E-state index is 13.5. The number of aryl methyl sites for hydroxylation is 1. The van der Waals surface area contributed by atoms with Crippen molar-refractivity contribution in [2.75, 3.05) is 6.54 Å². The van der Waals surface area contributed by atoms with Crippen molar-refractivity contribution in [3.63, 3.8) is 0 Å². The highest BCUT2D eigenvalue weighted by molar-refractivity contribution is 5.96. The van der Waals surface area contributed by atoms with E-state index in [1.807, 2.05) is 0 Å². The molecular weight excluding hydrogens is 337 g/mol. The lowest BCUT2D eigenvalue weighted by Gasteiger charge is -2.07. The molecule has 3 amide bonds. The van der Waals surface area contributed by atoms with Gasteiger partial charge in [0.05, 0.1) is 6.54 Å². The Balaban J connectivity index is 1.78. The van der Waals surface area contributed by atoms with Crippen molar-refractivity contribution in [1.82, 2.24) is 10.6 Å². The Morgan fingerprint density at radius 1 is 0.962 bits per heavy atom. The second kappa shape index (κ2) is 9.31. The van der Waals surface area contributed by atoms with E-state index in [0.29, 0.717) is 24.1 Å². The van der Waals surface area contributed by atoms with Crippen molar-refractivity contribution in [3.8, 4) is 0 Å². The van der Waals surface area contributed by atoms with Crippen molar-refractivity contribution in [2.24, 2.45) is 5.73 Å². The van der Waals surface area contributed by atoms with Crippen LogP contribution in [0, 0.1) is 5.82 Å². The van der Waals surface area contributed by atoms with Gasteiger partial charge in [0.1, 0.15) is 5.82 Å². The highest BCUT2D eigenvalue weighted by Crippen LogP contribution is 2.09. The lowest BCUT2D eigenvalue weighted by atomic mass is 10.1. The van der Waals surface area contributed by atoms with Gasteiger partial charge in [-0.1, -0.05) is 30.3 Å². The van der Waals surface area contributed by atoms with Gasteiger partial charge in [-0.15, -0.1) is 0 Å². The number of carbonyl (C=O) groups excluding carboxylic acids is 3. The van der Waals surface area contributed by atoms with Crippen LogP contribution in [0.25, 0.3) is 0 Å². The number of primary amides is 1. The SMILES string of the molecule is NC(=O)CNC(=O)c1ccc(CNC(=O)CCc2ccccc2F)cc1. The molecule has 0 aromatic heterocycles. The summed E-state index contributed by atoms with van der Waals surface area (Å²) in [5.74, 6) is -1.51. The van der Waals surface area contributed by atoms with Crippen LogP contribution < -0.4 is 16.4 Å². The van der Waals surface area contributed by atoms with E-state index in [0.717, 1.165) is 5.56 Å². The molecule has 2 aromatic carbocycles. The molecule has 7 heteroatoms. The van der Waals surface area contributed by atoms with Gasteiger partial charge < -0.3 is 16.4 Å². The van der Waals surface area contributed by atoms with Crippen LogP contribution in [0.2, 0.25) is 0 Å². The van der Waals surface area contributed by atoms with Crippen molar-refractivity contribution in [1.29, 1.82) is 0 Å². The lowest BCUT2D eigenvalue weighted by molar-refractivity contribution is -0.121. The van der Waals surface area contributed by atoms with Gasteiger partial charge >= 0.3 is 0 Å². The zero-order valence-corrected chi connectivity index (χ0v) is 14.1. The molecule has 0 saturated carbocycles. The molecule has 6 nitrogen and oxygen atoms in total. The van der Waals surface area contributed by atoms with E-state index in [9.17, 15) is 18.8 Å². The quantitative estimate of drug-likeness (QED) is 0.663. The summed E-state index contributed by atoms with van der Waals surface area (Å²) in [5, 5.41) is 5.15. The monoisotopic (exact) mass is 357 g/mol. The standard InChI is InChI=1S/C19H20FN3O3/c20-16-4-2-1-3-14(16)9-10-18(25)22-11-13-5-7-15(8-6-13)19(26)23-12-17(21)24/h1-8H,9-12H2,(H2,21,24)(H,22,25)(H,23,26). The van der Waals surface area contributed by atoms with Crippen molar-refractivity contribution in [2.45, 2.75) is 19.4 Å². The number of hydrogen-bond donors (Lipinski definition) is 3. The molecule has 0 unspecified atom stereocenters. The molecule has 2 aromatic rings. The van der Waals surface area contributed by atoms with Crippen molar-refractivity contribution in [3.05, 3.63) is 71.0 Å². The van der Waals surface area contributed by atoms with E-state index >= 15 is 0 Å². The van der Waals surface area contributed by atoms with Gasteiger partial charge in [0, 0.05) is 18.5 Å². The van der Waals surface area contributed by atoms with Crippen molar-refractivity contribution >= 4 is 17.7 Å². The van der Waals surface area contributed by atoms with Crippen LogP contribution in [0.5, 0.6) is 0 Å². The molecule has 0 bridgehead atoms. The average molecular weight is 357 g/mol. The minimum absolute atomic E-state index is 0.184. The molecule has 0 spiro atoms. The fraction of sp³-hybridized carbons (Fsp3) is 0.211. The summed E-state index contributed by atoms with van der Waals surface area (Å²) in [6.45, 7) is 0.0813. The van der Waals surface area contributed by atoms with Crippen LogP contribution in [0.4, 0.5) is 4.39 Å². The number of amides is 3. The second-order valence-corrected chi connectivity index (χ2v) is 5.71. The maximum atomic E-state index is 13.5. The molecule has 0 aliphatic rings. The molecule has 4 N–H and O–H groups in total. The smallest absolute Gasteiger partial charge is 0.251 e. The van der Waals surface area contributed by atoms with Gasteiger partial charge in [-0.3, -0.25) is 14.4 Å². The molecule has 0 saturated heterocycles. The Morgan fingerprint density at radius 3 is 2.31 bits per heavy atom. The van der Waals surface area contributed by atoms with Crippen LogP contribution in [-0.4, -0.2) is 24.3 Å². The fourth-order valence-corrected chi connectivity index (χ4v) is 2.28. The van der Waals surface area contributed by atoms with E-state index in [1.165, 1.54) is 6.07 Å². The largest absolute Gasteiger partial charge is 0.368 e. The first-order valence-electron chi connectivity index (χ1n) is 8.11. The Labute approximate surface area is 150 Å². The first-order chi connectivity index (χ1) is 12.5. The Hall–Kier alpha value is -3.22. The Morgan fingerprint density at radius 2 is 1.65 bits per heavy atom. The van der Waals surface area contributed by atoms with Crippen LogP contribution in [-0.2, 0) is 22.6 Å². The normalized spacial score (nSPS) is 10.2. The number of benzene rings is 2. The van der Waals surface area contributed by atoms with Gasteiger partial charge in [-0.2, -0.15) is 0 Å². The van der Waals surface area contributed by atoms with E-state index in [-0.39, 0.29) is 24.7 Å². The van der Waals surface area contributed by atoms with Gasteiger partial charge in [0.25, 0.3) is 5.91 Å². The topological polar surface area (TPSA) is 101 Å². The molecule has 136 valence electrons. The summed E-state index contributed by atoms with van der Waals surface area (Å²) in [4.78, 5) is 34.3. The third-order valence-electron chi connectivity index (χ3n) is 3.71. The summed E-state index contributed by atoms with van der Waals surface area (Å²) in [6, 6.07) is 13.0. The molecule has 2 rings (SSSR count).